The van der Waals surface area contributed by atoms with Crippen molar-refractivity contribution >= 4 is 29.3 Å². The standard InChI is InChI=1S/C32H35N3O4/c1-24-32(37)35(21-20-34-18-6-3-7-19-34)29-22-27(13-16-30(29)39-24)33-31(36)17-12-25-10-14-28(15-11-25)38-23-26-8-4-2-5-9-26/h2,4-5,8-17,22,24H,3,6-7,18-21,23H2,1H3,(H,33,36)/b17-12+. The van der Waals surface area contributed by atoms with Gasteiger partial charge in [0, 0.05) is 24.9 Å². The molecule has 0 spiro atoms. The van der Waals surface area contributed by atoms with Crippen molar-refractivity contribution in [2.24, 2.45) is 0 Å². The van der Waals surface area contributed by atoms with E-state index in [9.17, 15) is 9.59 Å². The van der Waals surface area contributed by atoms with E-state index >= 15 is 0 Å². The Kier molecular flexibility index (Phi) is 8.58. The Hall–Kier alpha value is -4.10. The highest BCUT2D eigenvalue weighted by molar-refractivity contribution is 6.04. The molecule has 0 saturated carbocycles. The normalized spacial score (nSPS) is 17.5. The van der Waals surface area contributed by atoms with E-state index in [0.717, 1.165) is 36.5 Å². The van der Waals surface area contributed by atoms with Gasteiger partial charge >= 0.3 is 0 Å². The molecule has 7 heteroatoms. The third kappa shape index (κ3) is 7.06. The summed E-state index contributed by atoms with van der Waals surface area (Å²) in [7, 11) is 0. The molecule has 2 heterocycles. The highest BCUT2D eigenvalue weighted by atomic mass is 16.5. The van der Waals surface area contributed by atoms with Crippen molar-refractivity contribution in [2.75, 3.05) is 36.4 Å². The SMILES string of the molecule is CC1Oc2ccc(NC(=O)/C=C/c3ccc(OCc4ccccc4)cc3)cc2N(CCN2CCCCC2)C1=O. The van der Waals surface area contributed by atoms with E-state index in [1.54, 1.807) is 24.0 Å². The Morgan fingerprint density at radius 3 is 2.54 bits per heavy atom. The Bertz CT molecular complexity index is 1300. The fraction of sp³-hybridized carbons (Fsp3) is 0.312. The van der Waals surface area contributed by atoms with Crippen LogP contribution in [0.15, 0.2) is 78.9 Å². The van der Waals surface area contributed by atoms with Crippen LogP contribution in [0, 0.1) is 0 Å². The number of ether oxygens (including phenoxy) is 2. The third-order valence-corrected chi connectivity index (χ3v) is 7.08. The molecule has 3 aromatic carbocycles. The molecule has 0 aliphatic carbocycles. The number of nitrogens with one attached hydrogen (secondary N) is 1. The first-order valence-corrected chi connectivity index (χ1v) is 13.7. The number of rotatable bonds is 9. The van der Waals surface area contributed by atoms with Crippen molar-refractivity contribution < 1.29 is 19.1 Å². The van der Waals surface area contributed by atoms with Crippen LogP contribution in [0.5, 0.6) is 11.5 Å². The van der Waals surface area contributed by atoms with E-state index in [4.69, 9.17) is 9.47 Å². The van der Waals surface area contributed by atoms with Crippen molar-refractivity contribution in [1.29, 1.82) is 0 Å². The van der Waals surface area contributed by atoms with E-state index in [-0.39, 0.29) is 11.8 Å². The molecule has 1 saturated heterocycles. The molecule has 2 amide bonds. The summed E-state index contributed by atoms with van der Waals surface area (Å²) in [4.78, 5) is 29.8. The van der Waals surface area contributed by atoms with Crippen molar-refractivity contribution in [3.8, 4) is 11.5 Å². The highest BCUT2D eigenvalue weighted by Crippen LogP contribution is 2.36. The second-order valence-electron chi connectivity index (χ2n) is 10.0. The molecular weight excluding hydrogens is 490 g/mol. The summed E-state index contributed by atoms with van der Waals surface area (Å²) in [5.41, 5.74) is 3.31. The molecule has 3 aromatic rings. The van der Waals surface area contributed by atoms with Gasteiger partial charge in [0.25, 0.3) is 5.91 Å². The number of hydrogen-bond donors (Lipinski definition) is 1. The molecule has 2 aliphatic heterocycles. The first kappa shape index (κ1) is 26.5. The van der Waals surface area contributed by atoms with E-state index in [1.807, 2.05) is 66.7 Å². The van der Waals surface area contributed by atoms with E-state index < -0.39 is 6.10 Å². The summed E-state index contributed by atoms with van der Waals surface area (Å²) >= 11 is 0. The quantitative estimate of drug-likeness (QED) is 0.373. The number of anilines is 2. The van der Waals surface area contributed by atoms with Gasteiger partial charge in [-0.15, -0.1) is 0 Å². The molecule has 2 aliphatic rings. The van der Waals surface area contributed by atoms with Gasteiger partial charge in [-0.05, 0) is 80.4 Å². The second-order valence-corrected chi connectivity index (χ2v) is 10.0. The van der Waals surface area contributed by atoms with Crippen molar-refractivity contribution in [2.45, 2.75) is 38.9 Å². The lowest BCUT2D eigenvalue weighted by Crippen LogP contribution is -2.48. The minimum atomic E-state index is -0.530. The lowest BCUT2D eigenvalue weighted by Gasteiger charge is -2.35. The molecule has 39 heavy (non-hydrogen) atoms. The van der Waals surface area contributed by atoms with Gasteiger partial charge < -0.3 is 24.6 Å². The summed E-state index contributed by atoms with van der Waals surface area (Å²) < 4.78 is 11.7. The van der Waals surface area contributed by atoms with E-state index in [1.165, 1.54) is 25.3 Å². The monoisotopic (exact) mass is 525 g/mol. The third-order valence-electron chi connectivity index (χ3n) is 7.08. The topological polar surface area (TPSA) is 71.1 Å². The maximum Gasteiger partial charge on any atom is 0.267 e. The number of carbonyl (C=O) groups excluding carboxylic acids is 2. The summed E-state index contributed by atoms with van der Waals surface area (Å²) in [6.07, 6.45) is 6.42. The van der Waals surface area contributed by atoms with Crippen molar-refractivity contribution in [3.63, 3.8) is 0 Å². The molecule has 0 bridgehead atoms. The molecule has 1 fully saturated rings. The van der Waals surface area contributed by atoms with Gasteiger partial charge in [-0.3, -0.25) is 9.59 Å². The Morgan fingerprint density at radius 2 is 1.77 bits per heavy atom. The lowest BCUT2D eigenvalue weighted by atomic mass is 10.1. The minimum absolute atomic E-state index is 0.0564. The first-order chi connectivity index (χ1) is 19.0. The minimum Gasteiger partial charge on any atom is -0.489 e. The Balaban J connectivity index is 1.19. The predicted octanol–water partition coefficient (Wildman–Crippen LogP) is 5.52. The second kappa shape index (κ2) is 12.6. The molecule has 1 N–H and O–H groups in total. The predicted molar refractivity (Wildman–Crippen MR) is 154 cm³/mol. The fourth-order valence-corrected chi connectivity index (χ4v) is 4.91. The zero-order valence-electron chi connectivity index (χ0n) is 22.3. The zero-order chi connectivity index (χ0) is 27.0. The first-order valence-electron chi connectivity index (χ1n) is 13.7. The van der Waals surface area contributed by atoms with Gasteiger partial charge in [0.05, 0.1) is 5.69 Å². The molecule has 1 unspecified atom stereocenters. The van der Waals surface area contributed by atoms with Crippen LogP contribution in [-0.4, -0.2) is 49.0 Å². The van der Waals surface area contributed by atoms with Crippen LogP contribution in [-0.2, 0) is 16.2 Å². The summed E-state index contributed by atoms with van der Waals surface area (Å²) in [6.45, 7) is 5.86. The van der Waals surface area contributed by atoms with Crippen LogP contribution in [0.1, 0.15) is 37.3 Å². The summed E-state index contributed by atoms with van der Waals surface area (Å²) in [5, 5.41) is 2.91. The number of likely N-dealkylation sites (tertiary alicyclic amines) is 1. The maximum absolute atomic E-state index is 13.0. The van der Waals surface area contributed by atoms with Crippen LogP contribution in [0.4, 0.5) is 11.4 Å². The summed E-state index contributed by atoms with van der Waals surface area (Å²) in [6, 6.07) is 23.0. The number of hydrogen-bond acceptors (Lipinski definition) is 5. The smallest absolute Gasteiger partial charge is 0.267 e. The lowest BCUT2D eigenvalue weighted by molar-refractivity contribution is -0.125. The van der Waals surface area contributed by atoms with Crippen LogP contribution >= 0.6 is 0 Å². The number of carbonyl (C=O) groups is 2. The molecule has 1 atom stereocenters. The zero-order valence-corrected chi connectivity index (χ0v) is 22.3. The van der Waals surface area contributed by atoms with Crippen molar-refractivity contribution in [1.82, 2.24) is 4.90 Å². The highest BCUT2D eigenvalue weighted by Gasteiger charge is 2.32. The van der Waals surface area contributed by atoms with Crippen LogP contribution in [0.2, 0.25) is 0 Å². The molecule has 5 rings (SSSR count). The average molecular weight is 526 g/mol. The summed E-state index contributed by atoms with van der Waals surface area (Å²) in [5.74, 6) is 1.11. The fourth-order valence-electron chi connectivity index (χ4n) is 4.91. The number of benzene rings is 3. The van der Waals surface area contributed by atoms with Gasteiger partial charge in [-0.25, -0.2) is 0 Å². The van der Waals surface area contributed by atoms with E-state index in [2.05, 4.69) is 10.2 Å². The van der Waals surface area contributed by atoms with Crippen LogP contribution in [0.25, 0.3) is 6.08 Å². The molecule has 202 valence electrons. The van der Waals surface area contributed by atoms with Gasteiger partial charge in [-0.1, -0.05) is 48.9 Å². The number of piperidine rings is 1. The maximum atomic E-state index is 13.0. The molecule has 0 radical (unpaired) electrons. The van der Waals surface area contributed by atoms with Gasteiger partial charge in [0.15, 0.2) is 6.10 Å². The number of fused-ring (bicyclic) bond motifs is 1. The molecule has 7 nitrogen and oxygen atoms in total. The number of amides is 2. The van der Waals surface area contributed by atoms with Crippen LogP contribution < -0.4 is 19.7 Å². The molecule has 0 aromatic heterocycles. The van der Waals surface area contributed by atoms with Crippen molar-refractivity contribution in [3.05, 3.63) is 90.0 Å². The average Bonchev–Trinajstić information content (AvgIpc) is 2.97. The van der Waals surface area contributed by atoms with Gasteiger partial charge in [0.2, 0.25) is 5.91 Å². The van der Waals surface area contributed by atoms with Crippen LogP contribution in [0.3, 0.4) is 0 Å². The van der Waals surface area contributed by atoms with Gasteiger partial charge in [-0.2, -0.15) is 0 Å². The Labute approximate surface area is 230 Å². The largest absolute Gasteiger partial charge is 0.489 e. The van der Waals surface area contributed by atoms with E-state index in [0.29, 0.717) is 30.3 Å². The Morgan fingerprint density at radius 1 is 1.00 bits per heavy atom. The number of nitrogens with zero attached hydrogens (tertiary/aromatic N) is 2. The molecular formula is C32H35N3O4. The van der Waals surface area contributed by atoms with Gasteiger partial charge in [0.1, 0.15) is 18.1 Å².